The Bertz CT molecular complexity index is 1490. The summed E-state index contributed by atoms with van der Waals surface area (Å²) in [6.45, 7) is 4.72. The Morgan fingerprint density at radius 2 is 2.23 bits per heavy atom. The molecule has 1 atom stereocenters. The molecule has 1 N–H and O–H groups in total. The van der Waals surface area contributed by atoms with Crippen LogP contribution in [0, 0.1) is 17.2 Å². The number of nitriles is 1. The number of fused-ring (bicyclic) bond motifs is 4. The second-order valence-electron chi connectivity index (χ2n) is 7.81. The van der Waals surface area contributed by atoms with Gasteiger partial charge in [-0.1, -0.05) is 18.7 Å². The number of aromatic nitrogens is 5. The highest BCUT2D eigenvalue weighted by molar-refractivity contribution is 7.98. The number of H-pyrrole nitrogens is 1. The van der Waals surface area contributed by atoms with E-state index in [1.54, 1.807) is 15.9 Å². The van der Waals surface area contributed by atoms with Gasteiger partial charge in [0.05, 0.1) is 11.1 Å². The molecule has 0 aromatic carbocycles. The predicted octanol–water partition coefficient (Wildman–Crippen LogP) is 3.10. The standard InChI is InChI=1S/C21H20N6O2S2/c1-3-26-20(29)17-14-5-4-11(2)6-15(14)31-19(17)25-21(26)30-10-13-7-16(28)27-18(24-13)12(8-22)9-23-27/h7,9,11,23H,3-6,10H2,1-2H3. The molecular weight excluding hydrogens is 432 g/mol. The van der Waals surface area contributed by atoms with Crippen molar-refractivity contribution in [2.24, 2.45) is 5.92 Å². The van der Waals surface area contributed by atoms with Crippen molar-refractivity contribution in [3.8, 4) is 6.07 Å². The zero-order valence-corrected chi connectivity index (χ0v) is 18.8. The lowest BCUT2D eigenvalue weighted by atomic mass is 9.89. The number of nitrogens with one attached hydrogen (secondary N) is 1. The lowest BCUT2D eigenvalue weighted by Crippen LogP contribution is -2.23. The van der Waals surface area contributed by atoms with Gasteiger partial charge in [-0.15, -0.1) is 11.3 Å². The fourth-order valence-electron chi connectivity index (χ4n) is 4.12. The van der Waals surface area contributed by atoms with E-state index in [0.717, 1.165) is 29.5 Å². The molecular formula is C21H20N6O2S2. The Morgan fingerprint density at radius 1 is 1.39 bits per heavy atom. The van der Waals surface area contributed by atoms with E-state index in [4.69, 9.17) is 4.98 Å². The van der Waals surface area contributed by atoms with Crippen LogP contribution < -0.4 is 11.1 Å². The Balaban J connectivity index is 1.54. The maximum atomic E-state index is 13.3. The second-order valence-corrected chi connectivity index (χ2v) is 9.83. The molecule has 0 bridgehead atoms. The molecule has 0 saturated carbocycles. The van der Waals surface area contributed by atoms with E-state index in [1.807, 2.05) is 13.0 Å². The fourth-order valence-corrected chi connectivity index (χ4v) is 6.50. The molecule has 31 heavy (non-hydrogen) atoms. The first-order valence-corrected chi connectivity index (χ1v) is 12.0. The van der Waals surface area contributed by atoms with Crippen molar-refractivity contribution in [3.63, 3.8) is 0 Å². The van der Waals surface area contributed by atoms with Crippen LogP contribution in [0.2, 0.25) is 0 Å². The van der Waals surface area contributed by atoms with Crippen molar-refractivity contribution in [2.45, 2.75) is 50.6 Å². The Hall–Kier alpha value is -2.90. The van der Waals surface area contributed by atoms with Crippen LogP contribution in [-0.2, 0) is 25.1 Å². The molecule has 1 aliphatic rings. The molecule has 0 saturated heterocycles. The van der Waals surface area contributed by atoms with Crippen molar-refractivity contribution in [2.75, 3.05) is 0 Å². The number of thioether (sulfide) groups is 1. The fraction of sp³-hybridized carbons (Fsp3) is 0.381. The number of hydrogen-bond donors (Lipinski definition) is 1. The quantitative estimate of drug-likeness (QED) is 0.376. The summed E-state index contributed by atoms with van der Waals surface area (Å²) in [5, 5.41) is 13.4. The lowest BCUT2D eigenvalue weighted by Gasteiger charge is -2.17. The van der Waals surface area contributed by atoms with Gasteiger partial charge in [0.2, 0.25) is 0 Å². The SMILES string of the molecule is CCn1c(SCc2cc(=O)n3[nH]cc(C#N)c3n2)nc2sc3c(c2c1=O)CCC(C)C3. The minimum atomic E-state index is -0.279. The highest BCUT2D eigenvalue weighted by Crippen LogP contribution is 2.36. The first-order chi connectivity index (χ1) is 15.0. The van der Waals surface area contributed by atoms with E-state index in [0.29, 0.717) is 40.3 Å². The van der Waals surface area contributed by atoms with E-state index in [-0.39, 0.29) is 11.1 Å². The molecule has 158 valence electrons. The van der Waals surface area contributed by atoms with Gasteiger partial charge in [-0.2, -0.15) is 5.26 Å². The van der Waals surface area contributed by atoms with Gasteiger partial charge in [0, 0.05) is 29.4 Å². The van der Waals surface area contributed by atoms with Crippen LogP contribution in [0.5, 0.6) is 0 Å². The molecule has 8 nitrogen and oxygen atoms in total. The van der Waals surface area contributed by atoms with Gasteiger partial charge in [0.15, 0.2) is 10.8 Å². The van der Waals surface area contributed by atoms with Gasteiger partial charge >= 0.3 is 0 Å². The van der Waals surface area contributed by atoms with E-state index < -0.39 is 0 Å². The third-order valence-corrected chi connectivity index (χ3v) is 7.87. The monoisotopic (exact) mass is 452 g/mol. The lowest BCUT2D eigenvalue weighted by molar-refractivity contribution is 0.509. The van der Waals surface area contributed by atoms with Gasteiger partial charge < -0.3 is 0 Å². The number of aryl methyl sites for hydroxylation is 1. The van der Waals surface area contributed by atoms with Crippen LogP contribution >= 0.6 is 23.1 Å². The average molecular weight is 453 g/mol. The van der Waals surface area contributed by atoms with E-state index in [9.17, 15) is 14.9 Å². The van der Waals surface area contributed by atoms with E-state index >= 15 is 0 Å². The zero-order chi connectivity index (χ0) is 21.7. The van der Waals surface area contributed by atoms with E-state index in [2.05, 4.69) is 17.0 Å². The van der Waals surface area contributed by atoms with E-state index in [1.165, 1.54) is 39.0 Å². The summed E-state index contributed by atoms with van der Waals surface area (Å²) in [4.78, 5) is 37.0. The summed E-state index contributed by atoms with van der Waals surface area (Å²) in [6.07, 6.45) is 4.52. The van der Waals surface area contributed by atoms with Gasteiger partial charge in [-0.3, -0.25) is 19.3 Å². The molecule has 4 aromatic heterocycles. The summed E-state index contributed by atoms with van der Waals surface area (Å²) in [5.74, 6) is 1.01. The highest BCUT2D eigenvalue weighted by Gasteiger charge is 2.24. The molecule has 0 fully saturated rings. The molecule has 4 heterocycles. The third kappa shape index (κ3) is 3.28. The smallest absolute Gasteiger partial charge is 0.272 e. The minimum absolute atomic E-state index is 0.0166. The Labute approximate surface area is 185 Å². The summed E-state index contributed by atoms with van der Waals surface area (Å²) < 4.78 is 2.95. The predicted molar refractivity (Wildman–Crippen MR) is 121 cm³/mol. The van der Waals surface area contributed by atoms with Crippen LogP contribution in [0.3, 0.4) is 0 Å². The van der Waals surface area contributed by atoms with Crippen molar-refractivity contribution >= 4 is 39.0 Å². The maximum absolute atomic E-state index is 13.3. The van der Waals surface area contributed by atoms with Gasteiger partial charge in [-0.25, -0.2) is 14.5 Å². The van der Waals surface area contributed by atoms with Gasteiger partial charge in [0.1, 0.15) is 16.5 Å². The highest BCUT2D eigenvalue weighted by atomic mass is 32.2. The van der Waals surface area contributed by atoms with Crippen molar-refractivity contribution in [3.05, 3.63) is 54.7 Å². The number of aromatic amines is 1. The molecule has 1 aliphatic carbocycles. The number of rotatable bonds is 4. The van der Waals surface area contributed by atoms with Crippen LogP contribution in [0.15, 0.2) is 27.0 Å². The summed E-state index contributed by atoms with van der Waals surface area (Å²) in [5.41, 5.74) is 2.09. The third-order valence-electron chi connectivity index (χ3n) is 5.72. The molecule has 1 unspecified atom stereocenters. The molecule has 10 heteroatoms. The molecule has 0 spiro atoms. The first-order valence-electron chi connectivity index (χ1n) is 10.2. The number of thiophene rings is 1. The van der Waals surface area contributed by atoms with Crippen LogP contribution in [0.25, 0.3) is 15.9 Å². The van der Waals surface area contributed by atoms with Crippen LogP contribution in [0.4, 0.5) is 0 Å². The van der Waals surface area contributed by atoms with Crippen LogP contribution in [0.1, 0.15) is 42.0 Å². The maximum Gasteiger partial charge on any atom is 0.272 e. The zero-order valence-electron chi connectivity index (χ0n) is 17.1. The molecule has 5 rings (SSSR count). The van der Waals surface area contributed by atoms with Gasteiger partial charge in [0.25, 0.3) is 11.1 Å². The Morgan fingerprint density at radius 3 is 3.00 bits per heavy atom. The summed E-state index contributed by atoms with van der Waals surface area (Å²) in [6, 6.07) is 3.47. The minimum Gasteiger partial charge on any atom is -0.295 e. The average Bonchev–Trinajstić information content (AvgIpc) is 3.33. The van der Waals surface area contributed by atoms with Crippen molar-refractivity contribution < 1.29 is 0 Å². The van der Waals surface area contributed by atoms with Crippen molar-refractivity contribution in [1.29, 1.82) is 5.26 Å². The molecule has 0 aliphatic heterocycles. The molecule has 4 aromatic rings. The number of nitrogens with zero attached hydrogens (tertiary/aromatic N) is 5. The molecule has 0 amide bonds. The van der Waals surface area contributed by atoms with Crippen molar-refractivity contribution in [1.82, 2.24) is 24.1 Å². The summed E-state index contributed by atoms with van der Waals surface area (Å²) >= 11 is 3.02. The number of hydrogen-bond acceptors (Lipinski definition) is 7. The summed E-state index contributed by atoms with van der Waals surface area (Å²) in [7, 11) is 0. The largest absolute Gasteiger partial charge is 0.295 e. The first kappa shape index (κ1) is 20.0. The topological polar surface area (TPSA) is 109 Å². The molecule has 0 radical (unpaired) electrons. The van der Waals surface area contributed by atoms with Gasteiger partial charge in [-0.05, 0) is 37.7 Å². The van der Waals surface area contributed by atoms with Crippen LogP contribution in [-0.4, -0.2) is 24.1 Å². The second kappa shape index (κ2) is 7.66. The normalized spacial score (nSPS) is 16.0. The Kier molecular flexibility index (Phi) is 4.95.